The lowest BCUT2D eigenvalue weighted by Gasteiger charge is -2.29. The van der Waals surface area contributed by atoms with Crippen molar-refractivity contribution in [2.24, 2.45) is 0 Å². The zero-order valence-corrected chi connectivity index (χ0v) is 25.9. The highest BCUT2D eigenvalue weighted by atomic mass is 35.5. The zero-order chi connectivity index (χ0) is 32.4. The molecule has 0 bridgehead atoms. The van der Waals surface area contributed by atoms with Crippen molar-refractivity contribution in [3.63, 3.8) is 0 Å². The molecule has 3 aromatic carbocycles. The van der Waals surface area contributed by atoms with Crippen LogP contribution in [0.2, 0.25) is 5.02 Å². The summed E-state index contributed by atoms with van der Waals surface area (Å²) in [5, 5.41) is 26.9. The molecule has 0 spiro atoms. The van der Waals surface area contributed by atoms with E-state index in [-0.39, 0.29) is 12.1 Å². The number of benzene rings is 3. The molecule has 5 aromatic rings. The van der Waals surface area contributed by atoms with Gasteiger partial charge in [-0.1, -0.05) is 59.3 Å². The summed E-state index contributed by atoms with van der Waals surface area (Å²) in [6.07, 6.45) is 6.13. The predicted octanol–water partition coefficient (Wildman–Crippen LogP) is 6.90. The summed E-state index contributed by atoms with van der Waals surface area (Å²) < 4.78 is 31.0. The summed E-state index contributed by atoms with van der Waals surface area (Å²) in [4.78, 5) is 6.93. The van der Waals surface area contributed by atoms with Crippen LogP contribution in [0.25, 0.3) is 10.9 Å². The lowest BCUT2D eigenvalue weighted by molar-refractivity contribution is 0.0368. The van der Waals surface area contributed by atoms with Gasteiger partial charge in [0.25, 0.3) is 0 Å². The van der Waals surface area contributed by atoms with Crippen LogP contribution in [-0.2, 0) is 4.74 Å². The highest BCUT2D eigenvalue weighted by molar-refractivity contribution is 6.35. The minimum Gasteiger partial charge on any atom is -0.379 e. The summed E-state index contributed by atoms with van der Waals surface area (Å²) >= 11 is 6.87. The van der Waals surface area contributed by atoms with Crippen molar-refractivity contribution in [3.8, 4) is 6.07 Å². The van der Waals surface area contributed by atoms with E-state index in [0.29, 0.717) is 44.1 Å². The predicted molar refractivity (Wildman–Crippen MR) is 176 cm³/mol. The quantitative estimate of drug-likeness (QED) is 0.161. The van der Waals surface area contributed by atoms with Gasteiger partial charge in [-0.3, -0.25) is 9.88 Å². The van der Waals surface area contributed by atoms with E-state index in [2.05, 4.69) is 49.0 Å². The highest BCUT2D eigenvalue weighted by Crippen LogP contribution is 2.38. The van der Waals surface area contributed by atoms with Crippen molar-refractivity contribution in [2.45, 2.75) is 37.4 Å². The number of nitriles is 1. The van der Waals surface area contributed by atoms with E-state index in [1.165, 1.54) is 18.3 Å². The summed E-state index contributed by atoms with van der Waals surface area (Å²) in [6.45, 7) is 4.06. The molecule has 3 heterocycles. The molecule has 2 fully saturated rings. The average Bonchev–Trinajstić information content (AvgIpc) is 3.83. The van der Waals surface area contributed by atoms with Gasteiger partial charge in [0.1, 0.15) is 17.6 Å². The fourth-order valence-electron chi connectivity index (χ4n) is 5.84. The minimum absolute atomic E-state index is 0.112. The molecular formula is C35H34ClFN8O. The Bertz CT molecular complexity index is 1910. The van der Waals surface area contributed by atoms with Gasteiger partial charge < -0.3 is 15.4 Å². The van der Waals surface area contributed by atoms with Gasteiger partial charge in [-0.2, -0.15) is 5.26 Å². The lowest BCUT2D eigenvalue weighted by Crippen LogP contribution is -2.37. The Morgan fingerprint density at radius 3 is 2.59 bits per heavy atom. The van der Waals surface area contributed by atoms with Crippen LogP contribution in [0, 0.1) is 17.1 Å². The third-order valence-electron chi connectivity index (χ3n) is 8.49. The normalized spacial score (nSPS) is 17.5. The summed E-state index contributed by atoms with van der Waals surface area (Å²) in [5.74, 6) is -0.404. The van der Waals surface area contributed by atoms with Crippen molar-refractivity contribution in [3.05, 3.63) is 112 Å². The van der Waals surface area contributed by atoms with E-state index in [9.17, 15) is 11.0 Å². The van der Waals surface area contributed by atoms with Gasteiger partial charge >= 0.3 is 0 Å². The van der Waals surface area contributed by atoms with Gasteiger partial charge in [0, 0.05) is 36.9 Å². The number of morpholine rings is 1. The van der Waals surface area contributed by atoms with Crippen LogP contribution in [0.15, 0.2) is 79.1 Å². The molecule has 1 aliphatic heterocycles. The second kappa shape index (κ2) is 13.4. The van der Waals surface area contributed by atoms with Gasteiger partial charge in [-0.05, 0) is 54.7 Å². The smallest absolute Gasteiger partial charge is 0.123 e. The Labute approximate surface area is 273 Å². The summed E-state index contributed by atoms with van der Waals surface area (Å²) in [7, 11) is 0. The highest BCUT2D eigenvalue weighted by Gasteiger charge is 2.27. The van der Waals surface area contributed by atoms with Crippen LogP contribution in [0.4, 0.5) is 15.8 Å². The van der Waals surface area contributed by atoms with Crippen LogP contribution >= 0.6 is 11.6 Å². The molecule has 1 saturated carbocycles. The Balaban J connectivity index is 1.28. The number of nitrogens with one attached hydrogen (secondary N) is 2. The first-order chi connectivity index (χ1) is 22.9. The maximum absolute atomic E-state index is 14.0. The lowest BCUT2D eigenvalue weighted by atomic mass is 10.0. The third-order valence-corrected chi connectivity index (χ3v) is 8.78. The fourth-order valence-corrected chi connectivity index (χ4v) is 6.11. The number of halogens is 2. The van der Waals surface area contributed by atoms with E-state index in [0.717, 1.165) is 57.7 Å². The first-order valence-corrected chi connectivity index (χ1v) is 15.9. The monoisotopic (exact) mass is 637 g/mol. The second-order valence-corrected chi connectivity index (χ2v) is 12.1. The molecule has 2 aliphatic rings. The van der Waals surface area contributed by atoms with E-state index in [4.69, 9.17) is 16.3 Å². The first kappa shape index (κ1) is 28.9. The molecule has 234 valence electrons. The number of aromatic nitrogens is 4. The molecule has 1 aliphatic carbocycles. The Hall–Kier alpha value is -4.56. The number of fused-ring (bicyclic) bond motifs is 1. The fraction of sp³-hybridized carbons (Fsp3) is 0.314. The molecule has 7 rings (SSSR count). The molecular weight excluding hydrogens is 603 g/mol. The van der Waals surface area contributed by atoms with Gasteiger partial charge in [-0.15, -0.1) is 5.10 Å². The largest absolute Gasteiger partial charge is 0.379 e. The molecule has 1 unspecified atom stereocenters. The zero-order valence-electron chi connectivity index (χ0n) is 26.2. The van der Waals surface area contributed by atoms with Crippen LogP contribution < -0.4 is 10.6 Å². The van der Waals surface area contributed by atoms with Crippen molar-refractivity contribution in [1.29, 1.82) is 5.26 Å². The molecule has 2 atom stereocenters. The van der Waals surface area contributed by atoms with E-state index in [1.54, 1.807) is 29.1 Å². The molecule has 11 heteroatoms. The third kappa shape index (κ3) is 6.67. The van der Waals surface area contributed by atoms with E-state index >= 15 is 0 Å². The molecule has 2 aromatic heterocycles. The number of hydrogen-bond donors (Lipinski definition) is 2. The second-order valence-electron chi connectivity index (χ2n) is 11.7. The molecule has 2 N–H and O–H groups in total. The van der Waals surface area contributed by atoms with Gasteiger partial charge in [0.2, 0.25) is 0 Å². The van der Waals surface area contributed by atoms with Crippen LogP contribution in [0.5, 0.6) is 0 Å². The number of rotatable bonds is 11. The van der Waals surface area contributed by atoms with E-state index in [1.807, 2.05) is 24.3 Å². The first-order valence-electron chi connectivity index (χ1n) is 16.0. The molecule has 9 nitrogen and oxygen atoms in total. The maximum atomic E-state index is 14.0. The van der Waals surface area contributed by atoms with Crippen LogP contribution in [-0.4, -0.2) is 57.7 Å². The van der Waals surface area contributed by atoms with Crippen LogP contribution in [0.1, 0.15) is 61.1 Å². The molecule has 0 radical (unpaired) electrons. The van der Waals surface area contributed by atoms with E-state index < -0.39 is 11.8 Å². The number of nitrogens with zero attached hydrogens (tertiary/aromatic N) is 6. The van der Waals surface area contributed by atoms with Crippen LogP contribution in [0.3, 0.4) is 0 Å². The molecule has 1 saturated heterocycles. The van der Waals surface area contributed by atoms with Crippen molar-refractivity contribution in [1.82, 2.24) is 24.9 Å². The molecule has 46 heavy (non-hydrogen) atoms. The summed E-state index contributed by atoms with van der Waals surface area (Å²) in [5.41, 5.74) is 3.95. The maximum Gasteiger partial charge on any atom is 0.123 e. The topological polar surface area (TPSA) is 104 Å². The van der Waals surface area contributed by atoms with Gasteiger partial charge in [0.15, 0.2) is 0 Å². The van der Waals surface area contributed by atoms with Gasteiger partial charge in [0.05, 0.1) is 60.7 Å². The number of ether oxygens (including phenoxy) is 1. The number of hydrogen-bond acceptors (Lipinski definition) is 8. The minimum atomic E-state index is -1.63. The SMILES string of the molecule is [2H]C(Nc1cc(Cl)c2ncc(C#N)c(N[C@H](CCN3CCOCC3)c3ccccc3)c2c1)(c1ccc(F)cc1)c1cn(C2CC2)nn1. The van der Waals surface area contributed by atoms with Crippen molar-refractivity contribution >= 4 is 33.9 Å². The Morgan fingerprint density at radius 1 is 1.07 bits per heavy atom. The number of pyridine rings is 1. The number of anilines is 2. The Morgan fingerprint density at radius 2 is 1.85 bits per heavy atom. The van der Waals surface area contributed by atoms with Crippen molar-refractivity contribution in [2.75, 3.05) is 43.5 Å². The molecule has 0 amide bonds. The average molecular weight is 638 g/mol. The standard InChI is InChI=1S/C35H34ClFN8O/c36-30-19-27(40-34(24-6-8-26(37)9-7-24)32-22-45(43-42-32)28-10-11-28)18-29-33(25(20-38)21-39-35(29)30)41-31(23-4-2-1-3-5-23)12-13-44-14-16-46-17-15-44/h1-9,18-19,21-22,28,31,34,40H,10-17H2,(H,39,41)/t31-,34?/m1/s1/i34D. The van der Waals surface area contributed by atoms with Crippen molar-refractivity contribution < 1.29 is 10.5 Å². The van der Waals surface area contributed by atoms with Gasteiger partial charge in [-0.25, -0.2) is 9.07 Å². The Kier molecular flexibility index (Phi) is 8.43. The summed E-state index contributed by atoms with van der Waals surface area (Å²) in [6, 6.07) is 20.3.